The van der Waals surface area contributed by atoms with Crippen LogP contribution in [0.1, 0.15) is 5.76 Å². The van der Waals surface area contributed by atoms with Gasteiger partial charge in [0.1, 0.15) is 25.2 Å². The Hall–Kier alpha value is -3.09. The van der Waals surface area contributed by atoms with E-state index in [2.05, 4.69) is 10.6 Å². The second kappa shape index (κ2) is 8.96. The number of fused-ring (bicyclic) bond motifs is 1. The molecule has 31 heavy (non-hydrogen) atoms. The standard InChI is InChI=1S/C19H21N3O8S/c23-18(20-11-13-2-1-6-27-13)19(24)21-12-17-22(5-7-30-17)31(25,26)14-3-4-15-16(10-14)29-9-8-28-15/h1-4,6,10,17H,5,7-9,11-12H2,(H,20,23)(H,21,24)/t17-/m1/s1. The van der Waals surface area contributed by atoms with Crippen molar-refractivity contribution in [2.24, 2.45) is 0 Å². The number of nitrogens with zero attached hydrogens (tertiary/aromatic N) is 1. The molecule has 4 rings (SSSR count). The van der Waals surface area contributed by atoms with Gasteiger partial charge in [0.15, 0.2) is 11.5 Å². The summed E-state index contributed by atoms with van der Waals surface area (Å²) in [6.07, 6.45) is 0.510. The summed E-state index contributed by atoms with van der Waals surface area (Å²) in [4.78, 5) is 24.0. The van der Waals surface area contributed by atoms with Gasteiger partial charge in [-0.1, -0.05) is 0 Å². The Morgan fingerprint density at radius 1 is 1.03 bits per heavy atom. The van der Waals surface area contributed by atoms with E-state index in [0.717, 1.165) is 4.31 Å². The van der Waals surface area contributed by atoms with Crippen molar-refractivity contribution in [2.75, 3.05) is 32.9 Å². The number of amides is 2. The maximum atomic E-state index is 13.1. The van der Waals surface area contributed by atoms with Crippen LogP contribution in [0.15, 0.2) is 45.9 Å². The van der Waals surface area contributed by atoms with Crippen molar-refractivity contribution in [3.63, 3.8) is 0 Å². The topological polar surface area (TPSA) is 136 Å². The summed E-state index contributed by atoms with van der Waals surface area (Å²) in [5.74, 6) is -0.441. The van der Waals surface area contributed by atoms with Gasteiger partial charge in [-0.25, -0.2) is 8.42 Å². The average Bonchev–Trinajstić information content (AvgIpc) is 3.47. The van der Waals surface area contributed by atoms with Crippen LogP contribution >= 0.6 is 0 Å². The molecule has 1 fully saturated rings. The second-order valence-corrected chi connectivity index (χ2v) is 8.61. The zero-order chi connectivity index (χ0) is 21.8. The molecule has 1 saturated heterocycles. The first-order valence-electron chi connectivity index (χ1n) is 9.56. The molecule has 0 aliphatic carbocycles. The number of furan rings is 1. The monoisotopic (exact) mass is 451 g/mol. The Morgan fingerprint density at radius 3 is 2.58 bits per heavy atom. The van der Waals surface area contributed by atoms with E-state index >= 15 is 0 Å². The van der Waals surface area contributed by atoms with Gasteiger partial charge >= 0.3 is 11.8 Å². The van der Waals surface area contributed by atoms with Crippen molar-refractivity contribution in [2.45, 2.75) is 17.7 Å². The van der Waals surface area contributed by atoms with Crippen LogP contribution in [0.2, 0.25) is 0 Å². The van der Waals surface area contributed by atoms with E-state index in [1.165, 1.54) is 18.4 Å². The molecule has 0 spiro atoms. The van der Waals surface area contributed by atoms with E-state index in [4.69, 9.17) is 18.6 Å². The lowest BCUT2D eigenvalue weighted by atomic mass is 10.3. The molecular weight excluding hydrogens is 430 g/mol. The zero-order valence-corrected chi connectivity index (χ0v) is 17.2. The van der Waals surface area contributed by atoms with E-state index in [-0.39, 0.29) is 31.1 Å². The Balaban J connectivity index is 1.37. The number of benzene rings is 1. The van der Waals surface area contributed by atoms with Gasteiger partial charge in [0.25, 0.3) is 0 Å². The molecule has 12 heteroatoms. The Kier molecular flexibility index (Phi) is 6.11. The van der Waals surface area contributed by atoms with Crippen LogP contribution in [0.25, 0.3) is 0 Å². The summed E-state index contributed by atoms with van der Waals surface area (Å²) >= 11 is 0. The zero-order valence-electron chi connectivity index (χ0n) is 16.4. The maximum absolute atomic E-state index is 13.1. The molecule has 1 aromatic heterocycles. The first-order chi connectivity index (χ1) is 14.9. The van der Waals surface area contributed by atoms with Crippen molar-refractivity contribution in [1.29, 1.82) is 0 Å². The van der Waals surface area contributed by atoms with E-state index in [1.54, 1.807) is 18.2 Å². The fraction of sp³-hybridized carbons (Fsp3) is 0.368. The molecule has 3 heterocycles. The highest BCUT2D eigenvalue weighted by atomic mass is 32.2. The van der Waals surface area contributed by atoms with Crippen LogP contribution in [0.4, 0.5) is 0 Å². The van der Waals surface area contributed by atoms with Crippen LogP contribution in [-0.2, 0) is 30.9 Å². The average molecular weight is 451 g/mol. The maximum Gasteiger partial charge on any atom is 0.309 e. The number of nitrogens with one attached hydrogen (secondary N) is 2. The lowest BCUT2D eigenvalue weighted by molar-refractivity contribution is -0.139. The van der Waals surface area contributed by atoms with Gasteiger partial charge in [0.2, 0.25) is 10.0 Å². The normalized spacial score (nSPS) is 18.5. The predicted molar refractivity (Wildman–Crippen MR) is 105 cm³/mol. The van der Waals surface area contributed by atoms with E-state index < -0.39 is 28.1 Å². The SMILES string of the molecule is O=C(NCc1ccco1)C(=O)NC[C@H]1OCCN1S(=O)(=O)c1ccc2c(c1)OCCO2. The molecule has 2 aliphatic heterocycles. The molecular formula is C19H21N3O8S. The second-order valence-electron chi connectivity index (χ2n) is 6.72. The molecule has 0 unspecified atom stereocenters. The minimum Gasteiger partial charge on any atom is -0.486 e. The van der Waals surface area contributed by atoms with Crippen LogP contribution in [0, 0.1) is 0 Å². The number of ether oxygens (including phenoxy) is 3. The molecule has 2 N–H and O–H groups in total. The molecule has 2 aliphatic rings. The molecule has 2 amide bonds. The highest BCUT2D eigenvalue weighted by Gasteiger charge is 2.37. The largest absolute Gasteiger partial charge is 0.486 e. The Morgan fingerprint density at radius 2 is 1.81 bits per heavy atom. The van der Waals surface area contributed by atoms with Crippen LogP contribution in [0.3, 0.4) is 0 Å². The first kappa shape index (κ1) is 21.2. The number of carbonyl (C=O) groups is 2. The van der Waals surface area contributed by atoms with Gasteiger partial charge in [0.05, 0.1) is 30.9 Å². The van der Waals surface area contributed by atoms with Gasteiger partial charge in [0, 0.05) is 12.6 Å². The Labute approximate surface area is 178 Å². The molecule has 0 radical (unpaired) electrons. The van der Waals surface area contributed by atoms with Gasteiger partial charge in [-0.2, -0.15) is 4.31 Å². The van der Waals surface area contributed by atoms with Crippen LogP contribution < -0.4 is 20.1 Å². The van der Waals surface area contributed by atoms with Gasteiger partial charge < -0.3 is 29.3 Å². The van der Waals surface area contributed by atoms with Gasteiger partial charge in [-0.05, 0) is 24.3 Å². The van der Waals surface area contributed by atoms with Crippen molar-refractivity contribution < 1.29 is 36.6 Å². The molecule has 1 atom stereocenters. The summed E-state index contributed by atoms with van der Waals surface area (Å²) in [6.45, 7) is 0.882. The third-order valence-corrected chi connectivity index (χ3v) is 6.59. The van der Waals surface area contributed by atoms with Crippen molar-refractivity contribution in [1.82, 2.24) is 14.9 Å². The minimum atomic E-state index is -3.92. The number of sulfonamides is 1. The lowest BCUT2D eigenvalue weighted by Crippen LogP contribution is -2.47. The highest BCUT2D eigenvalue weighted by molar-refractivity contribution is 7.89. The van der Waals surface area contributed by atoms with Crippen molar-refractivity contribution in [3.05, 3.63) is 42.4 Å². The highest BCUT2D eigenvalue weighted by Crippen LogP contribution is 2.34. The number of hydrogen-bond donors (Lipinski definition) is 2. The minimum absolute atomic E-state index is 0.0229. The fourth-order valence-electron chi connectivity index (χ4n) is 3.18. The van der Waals surface area contributed by atoms with E-state index in [9.17, 15) is 18.0 Å². The molecule has 0 bridgehead atoms. The van der Waals surface area contributed by atoms with E-state index in [1.807, 2.05) is 0 Å². The van der Waals surface area contributed by atoms with Crippen molar-refractivity contribution >= 4 is 21.8 Å². The third-order valence-electron chi connectivity index (χ3n) is 4.71. The quantitative estimate of drug-likeness (QED) is 0.578. The lowest BCUT2D eigenvalue weighted by Gasteiger charge is -2.24. The number of carbonyl (C=O) groups excluding carboxylic acids is 2. The molecule has 166 valence electrons. The molecule has 1 aromatic carbocycles. The summed E-state index contributed by atoms with van der Waals surface area (Å²) in [5, 5.41) is 4.81. The summed E-state index contributed by atoms with van der Waals surface area (Å²) in [6, 6.07) is 7.69. The summed E-state index contributed by atoms with van der Waals surface area (Å²) in [5.41, 5.74) is 0. The van der Waals surface area contributed by atoms with Crippen LogP contribution in [-0.4, -0.2) is 63.7 Å². The van der Waals surface area contributed by atoms with Gasteiger partial charge in [-0.15, -0.1) is 0 Å². The summed E-state index contributed by atoms with van der Waals surface area (Å²) in [7, 11) is -3.92. The molecule has 2 aromatic rings. The van der Waals surface area contributed by atoms with Gasteiger partial charge in [-0.3, -0.25) is 9.59 Å². The smallest absolute Gasteiger partial charge is 0.309 e. The van der Waals surface area contributed by atoms with Crippen LogP contribution in [0.5, 0.6) is 11.5 Å². The predicted octanol–water partition coefficient (Wildman–Crippen LogP) is -0.170. The summed E-state index contributed by atoms with van der Waals surface area (Å²) < 4.78 is 48.7. The number of hydrogen-bond acceptors (Lipinski definition) is 8. The first-order valence-corrected chi connectivity index (χ1v) is 11.0. The van der Waals surface area contributed by atoms with Crippen molar-refractivity contribution in [3.8, 4) is 11.5 Å². The Bertz CT molecular complexity index is 1050. The van der Waals surface area contributed by atoms with E-state index in [0.29, 0.717) is 30.5 Å². The third kappa shape index (κ3) is 4.65. The fourth-order valence-corrected chi connectivity index (χ4v) is 4.71. The molecule has 11 nitrogen and oxygen atoms in total. The number of rotatable bonds is 6. The molecule has 0 saturated carbocycles.